The van der Waals surface area contributed by atoms with Crippen LogP contribution in [0.15, 0.2) is 30.3 Å². The van der Waals surface area contributed by atoms with Gasteiger partial charge in [0, 0.05) is 11.5 Å². The molecule has 0 radical (unpaired) electrons. The summed E-state index contributed by atoms with van der Waals surface area (Å²) in [5.41, 5.74) is 8.54. The Hall–Kier alpha value is -0.820. The van der Waals surface area contributed by atoms with Crippen LogP contribution < -0.4 is 5.73 Å². The van der Waals surface area contributed by atoms with Crippen molar-refractivity contribution in [1.82, 2.24) is 0 Å². The fourth-order valence-electron chi connectivity index (χ4n) is 4.36. The van der Waals surface area contributed by atoms with Gasteiger partial charge >= 0.3 is 0 Å². The zero-order valence-corrected chi connectivity index (χ0v) is 11.3. The third-order valence-electron chi connectivity index (χ3n) is 5.39. The van der Waals surface area contributed by atoms with Crippen molar-refractivity contribution in [1.29, 1.82) is 0 Å². The minimum Gasteiger partial charge on any atom is -0.327 e. The molecular weight excluding hydrogens is 218 g/mol. The topological polar surface area (TPSA) is 26.0 Å². The molecule has 1 atom stereocenters. The highest BCUT2D eigenvalue weighted by Gasteiger charge is 2.44. The van der Waals surface area contributed by atoms with Crippen molar-refractivity contribution in [3.63, 3.8) is 0 Å². The lowest BCUT2D eigenvalue weighted by Crippen LogP contribution is -2.47. The molecule has 18 heavy (non-hydrogen) atoms. The number of hydrogen-bond acceptors (Lipinski definition) is 1. The number of nitrogens with two attached hydrogens (primary N) is 1. The maximum absolute atomic E-state index is 6.75. The molecule has 0 spiro atoms. The van der Waals surface area contributed by atoms with Crippen LogP contribution in [0.5, 0.6) is 0 Å². The van der Waals surface area contributed by atoms with E-state index in [4.69, 9.17) is 5.73 Å². The van der Waals surface area contributed by atoms with Crippen molar-refractivity contribution in [3.8, 4) is 0 Å². The third kappa shape index (κ3) is 1.99. The van der Waals surface area contributed by atoms with Crippen molar-refractivity contribution in [2.45, 2.75) is 62.8 Å². The molecule has 1 unspecified atom stereocenters. The van der Waals surface area contributed by atoms with Gasteiger partial charge in [0.1, 0.15) is 0 Å². The molecule has 0 aromatic heterocycles. The first-order chi connectivity index (χ1) is 8.83. The van der Waals surface area contributed by atoms with Crippen LogP contribution in [0.3, 0.4) is 0 Å². The van der Waals surface area contributed by atoms with Crippen molar-refractivity contribution in [2.75, 3.05) is 0 Å². The summed E-state index contributed by atoms with van der Waals surface area (Å²) in [5, 5.41) is 0. The lowest BCUT2D eigenvalue weighted by atomic mass is 9.68. The maximum Gasteiger partial charge on any atom is 0.0165 e. The van der Waals surface area contributed by atoms with E-state index in [9.17, 15) is 0 Å². The summed E-state index contributed by atoms with van der Waals surface area (Å²) in [5.74, 6) is 0.767. The molecule has 2 fully saturated rings. The molecule has 0 heterocycles. The Balaban J connectivity index is 1.91. The third-order valence-corrected chi connectivity index (χ3v) is 5.39. The van der Waals surface area contributed by atoms with Crippen molar-refractivity contribution >= 4 is 0 Å². The van der Waals surface area contributed by atoms with Crippen LogP contribution in [-0.2, 0) is 5.41 Å². The zero-order chi connectivity index (χ0) is 12.4. The highest BCUT2D eigenvalue weighted by molar-refractivity contribution is 5.29. The number of hydrogen-bond donors (Lipinski definition) is 1. The molecule has 2 saturated carbocycles. The van der Waals surface area contributed by atoms with Crippen LogP contribution in [-0.4, -0.2) is 6.04 Å². The molecule has 1 heteroatoms. The van der Waals surface area contributed by atoms with Crippen molar-refractivity contribution < 1.29 is 0 Å². The van der Waals surface area contributed by atoms with E-state index in [1.165, 1.54) is 56.9 Å². The summed E-state index contributed by atoms with van der Waals surface area (Å²) >= 11 is 0. The zero-order valence-electron chi connectivity index (χ0n) is 11.3. The lowest BCUT2D eigenvalue weighted by Gasteiger charge is -2.39. The maximum atomic E-state index is 6.75. The summed E-state index contributed by atoms with van der Waals surface area (Å²) in [4.78, 5) is 0. The van der Waals surface area contributed by atoms with Crippen LogP contribution in [0.2, 0.25) is 0 Å². The molecule has 0 bridgehead atoms. The van der Waals surface area contributed by atoms with Gasteiger partial charge in [-0.05, 0) is 37.2 Å². The molecule has 1 nitrogen and oxygen atoms in total. The molecule has 0 saturated heterocycles. The second-order valence-corrected chi connectivity index (χ2v) is 6.30. The predicted octanol–water partition coefficient (Wildman–Crippen LogP) is 4.02. The minimum atomic E-state index is 0.288. The minimum absolute atomic E-state index is 0.288. The first-order valence-electron chi connectivity index (χ1n) is 7.64. The molecule has 1 aromatic rings. The fourth-order valence-corrected chi connectivity index (χ4v) is 4.36. The summed E-state index contributed by atoms with van der Waals surface area (Å²) in [6.45, 7) is 0. The molecule has 3 rings (SSSR count). The SMILES string of the molecule is NC(C1CCCC1)C1(c2ccccc2)CCCC1. The van der Waals surface area contributed by atoms with E-state index in [0.29, 0.717) is 6.04 Å². The molecule has 2 aliphatic carbocycles. The second-order valence-electron chi connectivity index (χ2n) is 6.30. The summed E-state index contributed by atoms with van der Waals surface area (Å²) < 4.78 is 0. The Labute approximate surface area is 111 Å². The first kappa shape index (κ1) is 12.2. The lowest BCUT2D eigenvalue weighted by molar-refractivity contribution is 0.263. The number of benzene rings is 1. The van der Waals surface area contributed by atoms with Gasteiger partial charge in [0.05, 0.1) is 0 Å². The number of rotatable bonds is 3. The van der Waals surface area contributed by atoms with E-state index in [1.54, 1.807) is 0 Å². The van der Waals surface area contributed by atoms with Crippen LogP contribution in [0, 0.1) is 5.92 Å². The Morgan fingerprint density at radius 1 is 0.944 bits per heavy atom. The van der Waals surface area contributed by atoms with Gasteiger partial charge in [-0.25, -0.2) is 0 Å². The second kappa shape index (κ2) is 5.05. The van der Waals surface area contributed by atoms with Crippen LogP contribution in [0.25, 0.3) is 0 Å². The molecule has 98 valence electrons. The monoisotopic (exact) mass is 243 g/mol. The van der Waals surface area contributed by atoms with Gasteiger partial charge in [-0.2, -0.15) is 0 Å². The Morgan fingerprint density at radius 2 is 1.56 bits per heavy atom. The quantitative estimate of drug-likeness (QED) is 0.852. The van der Waals surface area contributed by atoms with Gasteiger partial charge in [0.15, 0.2) is 0 Å². The Morgan fingerprint density at radius 3 is 2.17 bits per heavy atom. The van der Waals surface area contributed by atoms with Crippen LogP contribution >= 0.6 is 0 Å². The Bertz CT molecular complexity index is 372. The van der Waals surface area contributed by atoms with Crippen LogP contribution in [0.1, 0.15) is 56.9 Å². The van der Waals surface area contributed by atoms with E-state index in [2.05, 4.69) is 30.3 Å². The average Bonchev–Trinajstić information content (AvgIpc) is 3.11. The van der Waals surface area contributed by atoms with E-state index in [0.717, 1.165) is 5.92 Å². The van der Waals surface area contributed by atoms with Crippen molar-refractivity contribution in [3.05, 3.63) is 35.9 Å². The molecule has 2 aliphatic rings. The van der Waals surface area contributed by atoms with E-state index >= 15 is 0 Å². The Kier molecular flexibility index (Phi) is 3.43. The molecule has 1 aromatic carbocycles. The van der Waals surface area contributed by atoms with Gasteiger partial charge < -0.3 is 5.73 Å². The highest BCUT2D eigenvalue weighted by atomic mass is 14.7. The van der Waals surface area contributed by atoms with Gasteiger partial charge in [0.25, 0.3) is 0 Å². The van der Waals surface area contributed by atoms with Gasteiger partial charge in [-0.3, -0.25) is 0 Å². The van der Waals surface area contributed by atoms with Crippen LogP contribution in [0.4, 0.5) is 0 Å². The van der Waals surface area contributed by atoms with Gasteiger partial charge in [-0.1, -0.05) is 56.0 Å². The van der Waals surface area contributed by atoms with E-state index in [-0.39, 0.29) is 5.41 Å². The van der Waals surface area contributed by atoms with Gasteiger partial charge in [-0.15, -0.1) is 0 Å². The standard InChI is InChI=1S/C17H25N/c18-16(14-8-4-5-9-14)17(12-6-7-13-17)15-10-2-1-3-11-15/h1-3,10-11,14,16H,4-9,12-13,18H2. The molecule has 0 amide bonds. The first-order valence-corrected chi connectivity index (χ1v) is 7.64. The normalized spacial score (nSPS) is 25.4. The smallest absolute Gasteiger partial charge is 0.0165 e. The fraction of sp³-hybridized carbons (Fsp3) is 0.647. The largest absolute Gasteiger partial charge is 0.327 e. The van der Waals surface area contributed by atoms with Crippen molar-refractivity contribution in [2.24, 2.45) is 11.7 Å². The van der Waals surface area contributed by atoms with Gasteiger partial charge in [0.2, 0.25) is 0 Å². The van der Waals surface area contributed by atoms with E-state index < -0.39 is 0 Å². The molecule has 0 aliphatic heterocycles. The summed E-state index contributed by atoms with van der Waals surface area (Å²) in [6, 6.07) is 11.5. The highest BCUT2D eigenvalue weighted by Crippen LogP contribution is 2.47. The summed E-state index contributed by atoms with van der Waals surface area (Å²) in [7, 11) is 0. The average molecular weight is 243 g/mol. The summed E-state index contributed by atoms with van der Waals surface area (Å²) in [6.07, 6.45) is 10.8. The molecular formula is C17H25N. The predicted molar refractivity (Wildman–Crippen MR) is 76.5 cm³/mol. The van der Waals surface area contributed by atoms with E-state index in [1.807, 2.05) is 0 Å². The molecule has 2 N–H and O–H groups in total.